The number of ether oxygens (including phenoxy) is 2. The zero-order valence-corrected chi connectivity index (χ0v) is 14.5. The molecule has 2 rings (SSSR count). The van der Waals surface area contributed by atoms with Crippen molar-refractivity contribution in [3.05, 3.63) is 0 Å². The third-order valence-electron chi connectivity index (χ3n) is 4.56. The maximum Gasteiger partial charge on any atom is 0.410 e. The number of carbonyl (C=O) groups is 3. The number of likely N-dealkylation sites (tertiary alicyclic amines) is 1. The van der Waals surface area contributed by atoms with Gasteiger partial charge in [0.2, 0.25) is 0 Å². The Hall–Kier alpha value is -1.59. The van der Waals surface area contributed by atoms with Crippen LogP contribution >= 0.6 is 0 Å². The molecule has 0 bridgehead atoms. The summed E-state index contributed by atoms with van der Waals surface area (Å²) in [5.74, 6) is -1.16. The van der Waals surface area contributed by atoms with E-state index in [4.69, 9.17) is 9.47 Å². The minimum atomic E-state index is -0.678. The number of nitrogens with zero attached hydrogens (tertiary/aromatic N) is 1. The van der Waals surface area contributed by atoms with Gasteiger partial charge in [0.05, 0.1) is 6.61 Å². The van der Waals surface area contributed by atoms with E-state index in [1.807, 2.05) is 20.8 Å². The van der Waals surface area contributed by atoms with Gasteiger partial charge in [0.25, 0.3) is 0 Å². The molecule has 23 heavy (non-hydrogen) atoms. The summed E-state index contributed by atoms with van der Waals surface area (Å²) < 4.78 is 10.4. The van der Waals surface area contributed by atoms with Crippen LogP contribution in [0.3, 0.4) is 0 Å². The van der Waals surface area contributed by atoms with Crippen LogP contribution in [0.25, 0.3) is 0 Å². The second-order valence-electron chi connectivity index (χ2n) is 7.49. The number of hydrogen-bond acceptors (Lipinski definition) is 5. The van der Waals surface area contributed by atoms with Crippen molar-refractivity contribution in [3.63, 3.8) is 0 Å². The van der Waals surface area contributed by atoms with E-state index < -0.39 is 22.9 Å². The highest BCUT2D eigenvalue weighted by Gasteiger charge is 2.52. The van der Waals surface area contributed by atoms with Crippen LogP contribution in [-0.2, 0) is 19.1 Å². The molecule has 2 fully saturated rings. The van der Waals surface area contributed by atoms with Crippen LogP contribution in [0.4, 0.5) is 4.79 Å². The normalized spacial score (nSPS) is 28.1. The summed E-state index contributed by atoms with van der Waals surface area (Å²) in [6.45, 7) is 8.31. The van der Waals surface area contributed by atoms with E-state index in [0.29, 0.717) is 25.9 Å². The van der Waals surface area contributed by atoms with Gasteiger partial charge in [-0.15, -0.1) is 0 Å². The van der Waals surface area contributed by atoms with Crippen molar-refractivity contribution in [2.24, 2.45) is 11.3 Å². The summed E-state index contributed by atoms with van der Waals surface area (Å²) >= 11 is 0. The number of carbonyl (C=O) groups excluding carboxylic acids is 3. The van der Waals surface area contributed by atoms with Gasteiger partial charge in [-0.3, -0.25) is 9.59 Å². The lowest BCUT2D eigenvalue weighted by molar-refractivity contribution is -0.156. The topological polar surface area (TPSA) is 72.9 Å². The molecule has 2 atom stereocenters. The number of ketones is 1. The van der Waals surface area contributed by atoms with E-state index in [1.54, 1.807) is 11.8 Å². The van der Waals surface area contributed by atoms with E-state index in [9.17, 15) is 14.4 Å². The Labute approximate surface area is 137 Å². The lowest BCUT2D eigenvalue weighted by atomic mass is 9.68. The number of Topliss-reactive ketones (excluding diaryl/α,β-unsaturated/α-hetero) is 1. The lowest BCUT2D eigenvalue weighted by Gasteiger charge is -2.35. The largest absolute Gasteiger partial charge is 0.465 e. The summed E-state index contributed by atoms with van der Waals surface area (Å²) in [6, 6.07) is 0. The monoisotopic (exact) mass is 325 g/mol. The number of amides is 1. The summed E-state index contributed by atoms with van der Waals surface area (Å²) in [4.78, 5) is 38.6. The van der Waals surface area contributed by atoms with Gasteiger partial charge >= 0.3 is 12.1 Å². The molecular formula is C17H27NO5. The molecule has 0 N–H and O–H groups in total. The summed E-state index contributed by atoms with van der Waals surface area (Å²) in [5.41, 5.74) is -1.16. The second kappa shape index (κ2) is 6.49. The highest BCUT2D eigenvalue weighted by atomic mass is 16.6. The maximum absolute atomic E-state index is 12.8. The first-order chi connectivity index (χ1) is 10.7. The Morgan fingerprint density at radius 2 is 2.00 bits per heavy atom. The highest BCUT2D eigenvalue weighted by molar-refractivity contribution is 6.03. The summed E-state index contributed by atoms with van der Waals surface area (Å²) in [5, 5.41) is 0. The van der Waals surface area contributed by atoms with Gasteiger partial charge in [-0.25, -0.2) is 4.79 Å². The number of hydrogen-bond donors (Lipinski definition) is 0. The Balaban J connectivity index is 2.06. The van der Waals surface area contributed by atoms with Crippen molar-refractivity contribution in [1.82, 2.24) is 4.90 Å². The lowest BCUT2D eigenvalue weighted by Crippen LogP contribution is -2.46. The molecule has 1 amide bonds. The number of rotatable bonds is 2. The SMILES string of the molecule is CCOC(=O)C1CCCC2(CCN(C(=O)OC(C)(C)C)C2)C1=O. The van der Waals surface area contributed by atoms with Crippen molar-refractivity contribution in [1.29, 1.82) is 0 Å². The predicted octanol–water partition coefficient (Wildman–Crippen LogP) is 2.55. The van der Waals surface area contributed by atoms with Crippen LogP contribution in [0.5, 0.6) is 0 Å². The van der Waals surface area contributed by atoms with Crippen LogP contribution < -0.4 is 0 Å². The van der Waals surface area contributed by atoms with Crippen molar-refractivity contribution in [2.45, 2.75) is 59.0 Å². The fraction of sp³-hybridized carbons (Fsp3) is 0.824. The van der Waals surface area contributed by atoms with E-state index in [1.165, 1.54) is 0 Å². The molecule has 1 heterocycles. The molecule has 2 unspecified atom stereocenters. The van der Waals surface area contributed by atoms with E-state index in [-0.39, 0.29) is 18.5 Å². The molecular weight excluding hydrogens is 298 g/mol. The first-order valence-corrected chi connectivity index (χ1v) is 8.37. The van der Waals surface area contributed by atoms with Crippen molar-refractivity contribution in [3.8, 4) is 0 Å². The molecule has 1 spiro atoms. The summed E-state index contributed by atoms with van der Waals surface area (Å²) in [6.07, 6.45) is 2.28. The molecule has 0 aromatic rings. The van der Waals surface area contributed by atoms with Gasteiger partial charge in [0, 0.05) is 18.5 Å². The van der Waals surface area contributed by atoms with Gasteiger partial charge in [0.1, 0.15) is 11.5 Å². The second-order valence-corrected chi connectivity index (χ2v) is 7.49. The Kier molecular flexibility index (Phi) is 5.01. The van der Waals surface area contributed by atoms with Gasteiger partial charge < -0.3 is 14.4 Å². The van der Waals surface area contributed by atoms with Gasteiger partial charge in [-0.05, 0) is 47.0 Å². The number of esters is 1. The third-order valence-corrected chi connectivity index (χ3v) is 4.56. The Bertz CT molecular complexity index is 496. The average molecular weight is 325 g/mol. The van der Waals surface area contributed by atoms with Crippen molar-refractivity contribution in [2.75, 3.05) is 19.7 Å². The first-order valence-electron chi connectivity index (χ1n) is 8.37. The van der Waals surface area contributed by atoms with Crippen molar-refractivity contribution >= 4 is 17.8 Å². The van der Waals surface area contributed by atoms with Gasteiger partial charge in [-0.1, -0.05) is 6.42 Å². The standard InChI is InChI=1S/C17H27NO5/c1-5-22-14(20)12-7-6-8-17(13(12)19)9-10-18(11-17)15(21)23-16(2,3)4/h12H,5-11H2,1-4H3. The molecule has 2 aliphatic rings. The third kappa shape index (κ3) is 3.85. The van der Waals surface area contributed by atoms with Crippen molar-refractivity contribution < 1.29 is 23.9 Å². The van der Waals surface area contributed by atoms with Crippen LogP contribution in [0.15, 0.2) is 0 Å². The van der Waals surface area contributed by atoms with Crippen LogP contribution in [0.1, 0.15) is 53.4 Å². The van der Waals surface area contributed by atoms with E-state index >= 15 is 0 Å². The maximum atomic E-state index is 12.8. The summed E-state index contributed by atoms with van der Waals surface area (Å²) in [7, 11) is 0. The molecule has 0 aromatic heterocycles. The molecule has 1 saturated heterocycles. The van der Waals surface area contributed by atoms with Crippen LogP contribution in [0, 0.1) is 11.3 Å². The Morgan fingerprint density at radius 3 is 2.61 bits per heavy atom. The highest BCUT2D eigenvalue weighted by Crippen LogP contribution is 2.44. The van der Waals surface area contributed by atoms with Crippen LogP contribution in [-0.4, -0.2) is 48.0 Å². The quantitative estimate of drug-likeness (QED) is 0.576. The van der Waals surface area contributed by atoms with Crippen LogP contribution in [0.2, 0.25) is 0 Å². The minimum Gasteiger partial charge on any atom is -0.465 e. The smallest absolute Gasteiger partial charge is 0.410 e. The van der Waals surface area contributed by atoms with E-state index in [2.05, 4.69) is 0 Å². The average Bonchev–Trinajstić information content (AvgIpc) is 2.86. The first kappa shape index (κ1) is 17.8. The zero-order chi connectivity index (χ0) is 17.3. The predicted molar refractivity (Wildman–Crippen MR) is 83.8 cm³/mol. The van der Waals surface area contributed by atoms with E-state index in [0.717, 1.165) is 12.8 Å². The fourth-order valence-corrected chi connectivity index (χ4v) is 3.50. The molecule has 0 radical (unpaired) electrons. The van der Waals surface area contributed by atoms with Gasteiger partial charge in [-0.2, -0.15) is 0 Å². The molecule has 130 valence electrons. The molecule has 1 saturated carbocycles. The molecule has 0 aromatic carbocycles. The van der Waals surface area contributed by atoms with Gasteiger partial charge in [0.15, 0.2) is 5.78 Å². The Morgan fingerprint density at radius 1 is 1.30 bits per heavy atom. The molecule has 1 aliphatic carbocycles. The molecule has 6 nitrogen and oxygen atoms in total. The fourth-order valence-electron chi connectivity index (χ4n) is 3.50. The molecule has 6 heteroatoms. The minimum absolute atomic E-state index is 0.0618. The zero-order valence-electron chi connectivity index (χ0n) is 14.5. The molecule has 1 aliphatic heterocycles.